The highest BCUT2D eigenvalue weighted by Gasteiger charge is 2.31. The maximum absolute atomic E-state index is 12.7. The molecule has 0 saturated heterocycles. The van der Waals surface area contributed by atoms with Crippen LogP contribution in [-0.4, -0.2) is 4.98 Å². The minimum absolute atomic E-state index is 0.188. The zero-order chi connectivity index (χ0) is 18.0. The Balaban J connectivity index is 0.000000880. The molecule has 0 aliphatic carbocycles. The molecule has 3 heterocycles. The Kier molecular flexibility index (Phi) is 4.67. The number of hydrogen-bond donors (Lipinski definition) is 0. The van der Waals surface area contributed by atoms with Crippen LogP contribution in [0.4, 0.5) is 13.2 Å². The standard InChI is InChI=1S/C16H8F3NO2S.C2H6/c17-16(18,19)11-2-1-9-5-14(22-13(9)6-11)12-8-23-15(20-12)10-3-4-21-7-10;1-2/h1-8H;1-2H3. The van der Waals surface area contributed by atoms with E-state index in [9.17, 15) is 13.2 Å². The van der Waals surface area contributed by atoms with Crippen molar-refractivity contribution in [1.29, 1.82) is 0 Å². The molecule has 0 bridgehead atoms. The fraction of sp³-hybridized carbons (Fsp3) is 0.167. The first kappa shape index (κ1) is 17.3. The van der Waals surface area contributed by atoms with E-state index in [1.54, 1.807) is 30.0 Å². The van der Waals surface area contributed by atoms with Gasteiger partial charge in [0.05, 0.1) is 11.8 Å². The molecule has 1 aromatic carbocycles. The highest BCUT2D eigenvalue weighted by molar-refractivity contribution is 7.13. The number of hydrogen-bond acceptors (Lipinski definition) is 4. The predicted molar refractivity (Wildman–Crippen MR) is 91.4 cm³/mol. The normalized spacial score (nSPS) is 11.4. The lowest BCUT2D eigenvalue weighted by Crippen LogP contribution is -2.03. The van der Waals surface area contributed by atoms with Crippen LogP contribution in [0.1, 0.15) is 19.4 Å². The molecule has 7 heteroatoms. The van der Waals surface area contributed by atoms with Crippen LogP contribution in [0.25, 0.3) is 33.0 Å². The van der Waals surface area contributed by atoms with Crippen molar-refractivity contribution in [2.24, 2.45) is 0 Å². The van der Waals surface area contributed by atoms with Gasteiger partial charge >= 0.3 is 6.18 Å². The van der Waals surface area contributed by atoms with Crippen molar-refractivity contribution in [3.63, 3.8) is 0 Å². The lowest BCUT2D eigenvalue weighted by atomic mass is 10.1. The van der Waals surface area contributed by atoms with Crippen molar-refractivity contribution in [3.05, 3.63) is 53.8 Å². The first-order chi connectivity index (χ1) is 12.0. The molecule has 0 aliphatic heterocycles. The molecule has 3 aromatic heterocycles. The first-order valence-corrected chi connectivity index (χ1v) is 8.48. The second-order valence-corrected chi connectivity index (χ2v) is 5.77. The number of benzene rings is 1. The molecule has 130 valence electrons. The number of nitrogens with zero attached hydrogens (tertiary/aromatic N) is 1. The maximum atomic E-state index is 12.7. The van der Waals surface area contributed by atoms with Gasteiger partial charge in [0.1, 0.15) is 22.5 Å². The number of alkyl halides is 3. The van der Waals surface area contributed by atoms with Crippen LogP contribution >= 0.6 is 11.3 Å². The summed E-state index contributed by atoms with van der Waals surface area (Å²) in [7, 11) is 0. The Bertz CT molecular complexity index is 968. The summed E-state index contributed by atoms with van der Waals surface area (Å²) < 4.78 is 48.8. The average Bonchev–Trinajstić information content (AvgIpc) is 3.33. The molecule has 0 spiro atoms. The SMILES string of the molecule is CC.FC(F)(F)c1ccc2cc(-c3csc(-c4ccoc4)n3)oc2c1. The van der Waals surface area contributed by atoms with Gasteiger partial charge in [0.2, 0.25) is 0 Å². The largest absolute Gasteiger partial charge is 0.472 e. The van der Waals surface area contributed by atoms with Crippen molar-refractivity contribution < 1.29 is 22.0 Å². The van der Waals surface area contributed by atoms with E-state index in [0.29, 0.717) is 16.8 Å². The molecule has 4 aromatic rings. The average molecular weight is 365 g/mol. The molecule has 0 fully saturated rings. The van der Waals surface area contributed by atoms with Crippen LogP contribution in [0, 0.1) is 0 Å². The molecular weight excluding hydrogens is 351 g/mol. The third kappa shape index (κ3) is 3.46. The Morgan fingerprint density at radius 3 is 2.56 bits per heavy atom. The van der Waals surface area contributed by atoms with Crippen LogP contribution in [0.3, 0.4) is 0 Å². The van der Waals surface area contributed by atoms with Crippen molar-refractivity contribution in [2.45, 2.75) is 20.0 Å². The summed E-state index contributed by atoms with van der Waals surface area (Å²) in [6, 6.07) is 6.91. The lowest BCUT2D eigenvalue weighted by molar-refractivity contribution is -0.137. The zero-order valence-electron chi connectivity index (χ0n) is 13.4. The second kappa shape index (κ2) is 6.76. The molecule has 0 aliphatic rings. The molecule has 0 radical (unpaired) electrons. The van der Waals surface area contributed by atoms with Gasteiger partial charge < -0.3 is 8.83 Å². The number of fused-ring (bicyclic) bond motifs is 1. The van der Waals surface area contributed by atoms with E-state index in [-0.39, 0.29) is 5.58 Å². The van der Waals surface area contributed by atoms with Crippen LogP contribution in [0.2, 0.25) is 0 Å². The highest BCUT2D eigenvalue weighted by atomic mass is 32.1. The van der Waals surface area contributed by atoms with E-state index in [1.807, 2.05) is 13.8 Å². The van der Waals surface area contributed by atoms with E-state index in [1.165, 1.54) is 17.4 Å². The Hall–Kier alpha value is -2.54. The van der Waals surface area contributed by atoms with Gasteiger partial charge in [-0.2, -0.15) is 13.2 Å². The number of furan rings is 2. The quantitative estimate of drug-likeness (QED) is 0.389. The Morgan fingerprint density at radius 2 is 1.88 bits per heavy atom. The van der Waals surface area contributed by atoms with Crippen molar-refractivity contribution >= 4 is 22.3 Å². The number of halogens is 3. The van der Waals surface area contributed by atoms with E-state index in [4.69, 9.17) is 8.83 Å². The van der Waals surface area contributed by atoms with Gasteiger partial charge in [-0.1, -0.05) is 19.9 Å². The van der Waals surface area contributed by atoms with Gasteiger partial charge in [0, 0.05) is 16.3 Å². The monoisotopic (exact) mass is 365 g/mol. The van der Waals surface area contributed by atoms with Crippen LogP contribution in [0.15, 0.2) is 57.1 Å². The molecule has 4 rings (SSSR count). The van der Waals surface area contributed by atoms with E-state index >= 15 is 0 Å². The lowest BCUT2D eigenvalue weighted by Gasteiger charge is -2.04. The molecule has 25 heavy (non-hydrogen) atoms. The Labute approximate surface area is 145 Å². The third-order valence-electron chi connectivity index (χ3n) is 3.37. The predicted octanol–water partition coefficient (Wildman–Crippen LogP) is 6.86. The smallest absolute Gasteiger partial charge is 0.416 e. The van der Waals surface area contributed by atoms with Gasteiger partial charge in [-0.15, -0.1) is 11.3 Å². The summed E-state index contributed by atoms with van der Waals surface area (Å²) in [6.45, 7) is 4.00. The summed E-state index contributed by atoms with van der Waals surface area (Å²) >= 11 is 1.41. The summed E-state index contributed by atoms with van der Waals surface area (Å²) in [5.74, 6) is 0.435. The number of thiazole rings is 1. The van der Waals surface area contributed by atoms with Gasteiger partial charge in [-0.3, -0.25) is 0 Å². The van der Waals surface area contributed by atoms with Gasteiger partial charge in [-0.05, 0) is 24.3 Å². The molecule has 0 saturated carbocycles. The highest BCUT2D eigenvalue weighted by Crippen LogP contribution is 2.35. The van der Waals surface area contributed by atoms with Crippen LogP contribution in [-0.2, 0) is 6.18 Å². The maximum Gasteiger partial charge on any atom is 0.416 e. The van der Waals surface area contributed by atoms with Gasteiger partial charge in [-0.25, -0.2) is 4.98 Å². The molecule has 3 nitrogen and oxygen atoms in total. The molecular formula is C18H14F3NO2S. The molecule has 0 N–H and O–H groups in total. The number of rotatable bonds is 2. The zero-order valence-corrected chi connectivity index (χ0v) is 14.2. The van der Waals surface area contributed by atoms with Crippen LogP contribution in [0.5, 0.6) is 0 Å². The summed E-state index contributed by atoms with van der Waals surface area (Å²) in [4.78, 5) is 4.43. The summed E-state index contributed by atoms with van der Waals surface area (Å²) in [6.07, 6.45) is -1.26. The van der Waals surface area contributed by atoms with Crippen LogP contribution < -0.4 is 0 Å². The topological polar surface area (TPSA) is 39.2 Å². The molecule has 0 atom stereocenters. The second-order valence-electron chi connectivity index (χ2n) is 4.91. The van der Waals surface area contributed by atoms with Gasteiger partial charge in [0.15, 0.2) is 5.76 Å². The van der Waals surface area contributed by atoms with Crippen molar-refractivity contribution in [3.8, 4) is 22.0 Å². The van der Waals surface area contributed by atoms with E-state index < -0.39 is 11.7 Å². The molecule has 0 unspecified atom stereocenters. The van der Waals surface area contributed by atoms with E-state index in [2.05, 4.69) is 4.98 Å². The fourth-order valence-electron chi connectivity index (χ4n) is 2.24. The summed E-state index contributed by atoms with van der Waals surface area (Å²) in [5.41, 5.74) is 0.878. The summed E-state index contributed by atoms with van der Waals surface area (Å²) in [5, 5.41) is 3.15. The number of aromatic nitrogens is 1. The first-order valence-electron chi connectivity index (χ1n) is 7.60. The molecule has 0 amide bonds. The van der Waals surface area contributed by atoms with Crippen molar-refractivity contribution in [1.82, 2.24) is 4.98 Å². The third-order valence-corrected chi connectivity index (χ3v) is 4.26. The fourth-order valence-corrected chi connectivity index (χ4v) is 3.03. The minimum atomic E-state index is -4.39. The van der Waals surface area contributed by atoms with Gasteiger partial charge in [0.25, 0.3) is 0 Å². The minimum Gasteiger partial charge on any atom is -0.472 e. The Morgan fingerprint density at radius 1 is 1.08 bits per heavy atom. The van der Waals surface area contributed by atoms with E-state index in [0.717, 1.165) is 22.7 Å². The van der Waals surface area contributed by atoms with Crippen molar-refractivity contribution in [2.75, 3.05) is 0 Å².